The highest BCUT2D eigenvalue weighted by atomic mass is 16.5. The highest BCUT2D eigenvalue weighted by Crippen LogP contribution is 2.15. The molecule has 0 aromatic heterocycles. The molecule has 0 aliphatic rings. The lowest BCUT2D eigenvalue weighted by molar-refractivity contribution is 0.184. The molecule has 3 heteroatoms. The molecule has 0 saturated carbocycles. The smallest absolute Gasteiger partial charge is 0.0626 e. The number of nitrogens with one attached hydrogen (secondary N) is 1. The summed E-state index contributed by atoms with van der Waals surface area (Å²) in [4.78, 5) is 0. The summed E-state index contributed by atoms with van der Waals surface area (Å²) in [6, 6.07) is 8.48. The second-order valence-electron chi connectivity index (χ2n) is 5.02. The van der Waals surface area contributed by atoms with Crippen LogP contribution in [0.2, 0.25) is 0 Å². The van der Waals surface area contributed by atoms with Crippen molar-refractivity contribution in [1.29, 1.82) is 0 Å². The van der Waals surface area contributed by atoms with Gasteiger partial charge in [-0.3, -0.25) is 0 Å². The predicted octanol–water partition coefficient (Wildman–Crippen LogP) is 2.15. The van der Waals surface area contributed by atoms with Gasteiger partial charge < -0.3 is 15.2 Å². The minimum absolute atomic E-state index is 0.00625. The summed E-state index contributed by atoms with van der Waals surface area (Å²) in [7, 11) is 1.68. The van der Waals surface area contributed by atoms with Crippen molar-refractivity contribution in [3.8, 4) is 0 Å². The number of ether oxygens (including phenoxy) is 1. The van der Waals surface area contributed by atoms with E-state index in [1.54, 1.807) is 7.11 Å². The van der Waals surface area contributed by atoms with Gasteiger partial charge in [0.1, 0.15) is 0 Å². The number of rotatable bonds is 8. The molecule has 1 aromatic rings. The molecule has 1 rings (SSSR count). The van der Waals surface area contributed by atoms with E-state index in [9.17, 15) is 5.11 Å². The average molecular weight is 251 g/mol. The van der Waals surface area contributed by atoms with E-state index in [0.29, 0.717) is 12.5 Å². The zero-order valence-electron chi connectivity index (χ0n) is 11.6. The predicted molar refractivity (Wildman–Crippen MR) is 74.7 cm³/mol. The van der Waals surface area contributed by atoms with Crippen LogP contribution in [0.1, 0.15) is 31.0 Å². The molecule has 0 heterocycles. The Bertz CT molecular complexity index is 322. The normalized spacial score (nSPS) is 12.9. The van der Waals surface area contributed by atoms with Crippen molar-refractivity contribution in [3.63, 3.8) is 0 Å². The number of benzene rings is 1. The number of aliphatic hydroxyl groups excluding tert-OH is 1. The molecular formula is C15H25NO2. The van der Waals surface area contributed by atoms with Gasteiger partial charge in [0.25, 0.3) is 0 Å². The van der Waals surface area contributed by atoms with Crippen molar-refractivity contribution >= 4 is 0 Å². The van der Waals surface area contributed by atoms with Crippen LogP contribution in [0.25, 0.3) is 0 Å². The lowest BCUT2D eigenvalue weighted by Gasteiger charge is -2.17. The minimum Gasteiger partial charge on any atom is -0.394 e. The van der Waals surface area contributed by atoms with E-state index >= 15 is 0 Å². The maximum absolute atomic E-state index is 9.39. The molecule has 102 valence electrons. The van der Waals surface area contributed by atoms with Crippen molar-refractivity contribution in [2.75, 3.05) is 26.9 Å². The Labute approximate surface area is 110 Å². The van der Waals surface area contributed by atoms with Crippen LogP contribution in [0.3, 0.4) is 0 Å². The van der Waals surface area contributed by atoms with Gasteiger partial charge in [-0.1, -0.05) is 38.1 Å². The summed E-state index contributed by atoms with van der Waals surface area (Å²) in [5, 5.41) is 12.7. The fourth-order valence-electron chi connectivity index (χ4n) is 1.98. The molecule has 1 aromatic carbocycles. The zero-order valence-corrected chi connectivity index (χ0v) is 11.6. The fourth-order valence-corrected chi connectivity index (χ4v) is 1.98. The van der Waals surface area contributed by atoms with Crippen molar-refractivity contribution in [2.45, 2.75) is 26.3 Å². The standard InChI is InChI=1S/C15H25NO2/c1-12(2)10-13-4-6-14(7-5-13)15(11-17)16-8-9-18-3/h4-7,12,15-17H,8-11H2,1-3H3. The van der Waals surface area contributed by atoms with Crippen LogP contribution in [-0.4, -0.2) is 32.0 Å². The van der Waals surface area contributed by atoms with Crippen LogP contribution in [0.15, 0.2) is 24.3 Å². The van der Waals surface area contributed by atoms with Gasteiger partial charge in [-0.2, -0.15) is 0 Å². The molecule has 0 bridgehead atoms. The van der Waals surface area contributed by atoms with E-state index in [0.717, 1.165) is 18.5 Å². The van der Waals surface area contributed by atoms with Crippen molar-refractivity contribution < 1.29 is 9.84 Å². The number of methoxy groups -OCH3 is 1. The summed E-state index contributed by atoms with van der Waals surface area (Å²) < 4.78 is 4.99. The number of hydrogen-bond donors (Lipinski definition) is 2. The first kappa shape index (κ1) is 15.2. The third kappa shape index (κ3) is 5.17. The molecular weight excluding hydrogens is 226 g/mol. The molecule has 0 fully saturated rings. The molecule has 0 radical (unpaired) electrons. The van der Waals surface area contributed by atoms with Gasteiger partial charge in [-0.05, 0) is 23.5 Å². The van der Waals surface area contributed by atoms with E-state index in [4.69, 9.17) is 4.74 Å². The molecule has 0 aliphatic carbocycles. The quantitative estimate of drug-likeness (QED) is 0.696. The van der Waals surface area contributed by atoms with Crippen molar-refractivity contribution in [2.24, 2.45) is 5.92 Å². The summed E-state index contributed by atoms with van der Waals surface area (Å²) in [6.07, 6.45) is 1.10. The van der Waals surface area contributed by atoms with E-state index in [2.05, 4.69) is 43.4 Å². The Morgan fingerprint density at radius 2 is 1.89 bits per heavy atom. The van der Waals surface area contributed by atoms with E-state index in [-0.39, 0.29) is 12.6 Å². The lowest BCUT2D eigenvalue weighted by atomic mass is 9.99. The first-order chi connectivity index (χ1) is 8.67. The molecule has 3 nitrogen and oxygen atoms in total. The second kappa shape index (κ2) is 8.25. The number of aliphatic hydroxyl groups is 1. The minimum atomic E-state index is -0.00625. The summed E-state index contributed by atoms with van der Waals surface area (Å²) in [5.41, 5.74) is 2.48. The maximum Gasteiger partial charge on any atom is 0.0626 e. The van der Waals surface area contributed by atoms with Gasteiger partial charge in [-0.15, -0.1) is 0 Å². The Morgan fingerprint density at radius 3 is 2.39 bits per heavy atom. The zero-order chi connectivity index (χ0) is 13.4. The van der Waals surface area contributed by atoms with Gasteiger partial charge >= 0.3 is 0 Å². The Balaban J connectivity index is 2.57. The van der Waals surface area contributed by atoms with Crippen LogP contribution >= 0.6 is 0 Å². The van der Waals surface area contributed by atoms with Gasteiger partial charge in [0, 0.05) is 13.7 Å². The monoisotopic (exact) mass is 251 g/mol. The van der Waals surface area contributed by atoms with Crippen LogP contribution < -0.4 is 5.32 Å². The first-order valence-corrected chi connectivity index (χ1v) is 6.59. The topological polar surface area (TPSA) is 41.5 Å². The Kier molecular flexibility index (Phi) is 6.94. The average Bonchev–Trinajstić information content (AvgIpc) is 2.35. The van der Waals surface area contributed by atoms with E-state index in [1.165, 1.54) is 5.56 Å². The van der Waals surface area contributed by atoms with Crippen LogP contribution in [0.4, 0.5) is 0 Å². The maximum atomic E-state index is 9.39. The van der Waals surface area contributed by atoms with Gasteiger partial charge in [0.2, 0.25) is 0 Å². The second-order valence-corrected chi connectivity index (χ2v) is 5.02. The largest absolute Gasteiger partial charge is 0.394 e. The van der Waals surface area contributed by atoms with E-state index < -0.39 is 0 Å². The summed E-state index contributed by atoms with van der Waals surface area (Å²) in [5.74, 6) is 0.671. The molecule has 1 atom stereocenters. The van der Waals surface area contributed by atoms with Crippen LogP contribution in [-0.2, 0) is 11.2 Å². The van der Waals surface area contributed by atoms with Gasteiger partial charge in [-0.25, -0.2) is 0 Å². The van der Waals surface area contributed by atoms with E-state index in [1.807, 2.05) is 0 Å². The highest BCUT2D eigenvalue weighted by molar-refractivity contribution is 5.25. The SMILES string of the molecule is COCCNC(CO)c1ccc(CC(C)C)cc1. The molecule has 0 amide bonds. The van der Waals surface area contributed by atoms with Gasteiger partial charge in [0.15, 0.2) is 0 Å². The van der Waals surface area contributed by atoms with Crippen molar-refractivity contribution in [3.05, 3.63) is 35.4 Å². The summed E-state index contributed by atoms with van der Waals surface area (Å²) >= 11 is 0. The molecule has 0 saturated heterocycles. The van der Waals surface area contributed by atoms with Crippen molar-refractivity contribution in [1.82, 2.24) is 5.32 Å². The molecule has 1 unspecified atom stereocenters. The fraction of sp³-hybridized carbons (Fsp3) is 0.600. The van der Waals surface area contributed by atoms with Crippen LogP contribution in [0.5, 0.6) is 0 Å². The highest BCUT2D eigenvalue weighted by Gasteiger charge is 2.09. The van der Waals surface area contributed by atoms with Gasteiger partial charge in [0.05, 0.1) is 19.3 Å². The first-order valence-electron chi connectivity index (χ1n) is 6.59. The lowest BCUT2D eigenvalue weighted by Crippen LogP contribution is -2.27. The third-order valence-electron chi connectivity index (χ3n) is 2.91. The molecule has 2 N–H and O–H groups in total. The Hall–Kier alpha value is -0.900. The Morgan fingerprint density at radius 1 is 1.22 bits per heavy atom. The third-order valence-corrected chi connectivity index (χ3v) is 2.91. The summed E-state index contributed by atoms with van der Waals surface area (Å²) in [6.45, 7) is 5.94. The molecule has 0 aliphatic heterocycles. The number of hydrogen-bond acceptors (Lipinski definition) is 3. The molecule has 0 spiro atoms. The van der Waals surface area contributed by atoms with Crippen LogP contribution in [0, 0.1) is 5.92 Å². The molecule has 18 heavy (non-hydrogen) atoms.